The number of rotatable bonds is 2. The summed E-state index contributed by atoms with van der Waals surface area (Å²) in [5, 5.41) is 8.57. The summed E-state index contributed by atoms with van der Waals surface area (Å²) in [4.78, 5) is 12.1. The van der Waals surface area contributed by atoms with Crippen LogP contribution in [0.1, 0.15) is 16.8 Å². The van der Waals surface area contributed by atoms with Crippen molar-refractivity contribution in [2.45, 2.75) is 12.5 Å². The van der Waals surface area contributed by atoms with Crippen molar-refractivity contribution in [3.8, 4) is 0 Å². The third-order valence-electron chi connectivity index (χ3n) is 3.41. The van der Waals surface area contributed by atoms with Crippen molar-refractivity contribution >= 4 is 16.7 Å². The normalized spacial score (nSPS) is 19.0. The van der Waals surface area contributed by atoms with Crippen LogP contribution in [0.5, 0.6) is 0 Å². The van der Waals surface area contributed by atoms with Crippen LogP contribution in [0, 0.1) is 0 Å². The highest BCUT2D eigenvalue weighted by molar-refractivity contribution is 5.98. The summed E-state index contributed by atoms with van der Waals surface area (Å²) in [7, 11) is 0. The molecular weight excluding hydrogens is 224 g/mol. The highest BCUT2D eigenvalue weighted by Crippen LogP contribution is 2.15. The van der Waals surface area contributed by atoms with Gasteiger partial charge in [0.05, 0.1) is 0 Å². The Labute approximate surface area is 106 Å². The second-order valence-electron chi connectivity index (χ2n) is 4.73. The van der Waals surface area contributed by atoms with Crippen LogP contribution >= 0.6 is 0 Å². The Morgan fingerprint density at radius 3 is 2.78 bits per heavy atom. The highest BCUT2D eigenvalue weighted by Gasteiger charge is 2.17. The van der Waals surface area contributed by atoms with Crippen LogP contribution in [-0.2, 0) is 0 Å². The molecule has 18 heavy (non-hydrogen) atoms. The van der Waals surface area contributed by atoms with Gasteiger partial charge in [-0.05, 0) is 35.9 Å². The molecule has 0 aromatic heterocycles. The molecule has 1 heterocycles. The topological polar surface area (TPSA) is 41.1 Å². The van der Waals surface area contributed by atoms with Gasteiger partial charge in [0.15, 0.2) is 0 Å². The fourth-order valence-electron chi connectivity index (χ4n) is 2.38. The Morgan fingerprint density at radius 1 is 1.17 bits per heavy atom. The largest absolute Gasteiger partial charge is 0.348 e. The molecule has 92 valence electrons. The minimum Gasteiger partial charge on any atom is -0.348 e. The summed E-state index contributed by atoms with van der Waals surface area (Å²) >= 11 is 0. The lowest BCUT2D eigenvalue weighted by Crippen LogP contribution is -2.36. The van der Waals surface area contributed by atoms with E-state index in [0.717, 1.165) is 35.8 Å². The summed E-state index contributed by atoms with van der Waals surface area (Å²) in [5.41, 5.74) is 0.737. The third-order valence-corrected chi connectivity index (χ3v) is 3.41. The minimum atomic E-state index is 0.0226. The van der Waals surface area contributed by atoms with Gasteiger partial charge in [-0.15, -0.1) is 0 Å². The molecule has 3 rings (SSSR count). The van der Waals surface area contributed by atoms with Gasteiger partial charge < -0.3 is 10.6 Å². The highest BCUT2D eigenvalue weighted by atomic mass is 16.1. The van der Waals surface area contributed by atoms with Crippen molar-refractivity contribution in [3.05, 3.63) is 48.0 Å². The molecule has 1 saturated heterocycles. The first-order valence-electron chi connectivity index (χ1n) is 6.33. The number of fused-ring (bicyclic) bond motifs is 1. The molecule has 1 amide bonds. The van der Waals surface area contributed by atoms with Crippen molar-refractivity contribution in [3.63, 3.8) is 0 Å². The van der Waals surface area contributed by atoms with E-state index in [4.69, 9.17) is 0 Å². The van der Waals surface area contributed by atoms with Crippen LogP contribution in [0.15, 0.2) is 42.5 Å². The van der Waals surface area contributed by atoms with Crippen LogP contribution < -0.4 is 10.6 Å². The number of hydrogen-bond acceptors (Lipinski definition) is 2. The van der Waals surface area contributed by atoms with E-state index in [-0.39, 0.29) is 11.9 Å². The average Bonchev–Trinajstić information content (AvgIpc) is 2.91. The standard InChI is InChI=1S/C15H16N2O/c18-15(17-14-7-8-16-10-14)13-6-5-11-3-1-2-4-12(11)9-13/h1-6,9,14,16H,7-8,10H2,(H,17,18)/t14-/m1/s1. The van der Waals surface area contributed by atoms with Crippen LogP contribution in [0.3, 0.4) is 0 Å². The average molecular weight is 240 g/mol. The fraction of sp³-hybridized carbons (Fsp3) is 0.267. The molecule has 0 bridgehead atoms. The third kappa shape index (κ3) is 2.22. The lowest BCUT2D eigenvalue weighted by molar-refractivity contribution is 0.0940. The number of carbonyl (C=O) groups excluding carboxylic acids is 1. The lowest BCUT2D eigenvalue weighted by Gasteiger charge is -2.11. The maximum Gasteiger partial charge on any atom is 0.251 e. The SMILES string of the molecule is O=C(N[C@@H]1CCNC1)c1ccc2ccccc2c1. The molecular formula is C15H16N2O. The first-order chi connectivity index (χ1) is 8.83. The Morgan fingerprint density at radius 2 is 2.00 bits per heavy atom. The van der Waals surface area contributed by atoms with Gasteiger partial charge in [0.25, 0.3) is 5.91 Å². The molecule has 1 aliphatic rings. The number of carbonyl (C=O) groups is 1. The van der Waals surface area contributed by atoms with Gasteiger partial charge in [0.2, 0.25) is 0 Å². The van der Waals surface area contributed by atoms with Gasteiger partial charge in [0.1, 0.15) is 0 Å². The fourth-order valence-corrected chi connectivity index (χ4v) is 2.38. The molecule has 3 heteroatoms. The maximum atomic E-state index is 12.1. The van der Waals surface area contributed by atoms with Crippen molar-refractivity contribution in [1.29, 1.82) is 0 Å². The summed E-state index contributed by atoms with van der Waals surface area (Å²) in [5.74, 6) is 0.0226. The van der Waals surface area contributed by atoms with E-state index in [1.807, 2.05) is 36.4 Å². The monoisotopic (exact) mass is 240 g/mol. The van der Waals surface area contributed by atoms with Gasteiger partial charge in [-0.25, -0.2) is 0 Å². The first-order valence-corrected chi connectivity index (χ1v) is 6.33. The minimum absolute atomic E-state index is 0.0226. The predicted octanol–water partition coefficient (Wildman–Crippen LogP) is 1.93. The molecule has 2 aromatic carbocycles. The van der Waals surface area contributed by atoms with Crippen LogP contribution in [-0.4, -0.2) is 25.0 Å². The van der Waals surface area contributed by atoms with E-state index in [1.165, 1.54) is 0 Å². The molecule has 0 spiro atoms. The molecule has 1 atom stereocenters. The summed E-state index contributed by atoms with van der Waals surface area (Å²) in [6, 6.07) is 14.2. The number of benzene rings is 2. The van der Waals surface area contributed by atoms with E-state index in [1.54, 1.807) is 0 Å². The Hall–Kier alpha value is -1.87. The quantitative estimate of drug-likeness (QED) is 0.842. The molecule has 1 aliphatic heterocycles. The van der Waals surface area contributed by atoms with Gasteiger partial charge in [-0.2, -0.15) is 0 Å². The molecule has 1 fully saturated rings. The van der Waals surface area contributed by atoms with Crippen LogP contribution in [0.25, 0.3) is 10.8 Å². The predicted molar refractivity (Wildman–Crippen MR) is 72.7 cm³/mol. The van der Waals surface area contributed by atoms with Crippen molar-refractivity contribution < 1.29 is 4.79 Å². The summed E-state index contributed by atoms with van der Waals surface area (Å²) in [6.45, 7) is 1.86. The molecule has 2 aromatic rings. The molecule has 0 unspecified atom stereocenters. The first kappa shape index (κ1) is 11.2. The van der Waals surface area contributed by atoms with E-state index < -0.39 is 0 Å². The number of hydrogen-bond donors (Lipinski definition) is 2. The molecule has 2 N–H and O–H groups in total. The lowest BCUT2D eigenvalue weighted by atomic mass is 10.1. The Bertz CT molecular complexity index is 573. The summed E-state index contributed by atoms with van der Waals surface area (Å²) < 4.78 is 0. The second-order valence-corrected chi connectivity index (χ2v) is 4.73. The van der Waals surface area contributed by atoms with Gasteiger partial charge >= 0.3 is 0 Å². The van der Waals surface area contributed by atoms with Gasteiger partial charge in [0, 0.05) is 18.2 Å². The van der Waals surface area contributed by atoms with E-state index in [2.05, 4.69) is 16.7 Å². The molecule has 3 nitrogen and oxygen atoms in total. The second kappa shape index (κ2) is 4.78. The zero-order chi connectivity index (χ0) is 12.4. The summed E-state index contributed by atoms with van der Waals surface area (Å²) in [6.07, 6.45) is 1.01. The Kier molecular flexibility index (Phi) is 2.99. The van der Waals surface area contributed by atoms with Gasteiger partial charge in [-0.1, -0.05) is 30.3 Å². The van der Waals surface area contributed by atoms with Gasteiger partial charge in [-0.3, -0.25) is 4.79 Å². The Balaban J connectivity index is 1.82. The zero-order valence-corrected chi connectivity index (χ0v) is 10.1. The molecule has 0 radical (unpaired) electrons. The van der Waals surface area contributed by atoms with Crippen molar-refractivity contribution in [2.24, 2.45) is 0 Å². The van der Waals surface area contributed by atoms with E-state index in [9.17, 15) is 4.79 Å². The molecule has 0 saturated carbocycles. The van der Waals surface area contributed by atoms with Crippen molar-refractivity contribution in [1.82, 2.24) is 10.6 Å². The van der Waals surface area contributed by atoms with Crippen LogP contribution in [0.4, 0.5) is 0 Å². The van der Waals surface area contributed by atoms with Crippen molar-refractivity contribution in [2.75, 3.05) is 13.1 Å². The number of nitrogens with one attached hydrogen (secondary N) is 2. The smallest absolute Gasteiger partial charge is 0.251 e. The van der Waals surface area contributed by atoms with E-state index >= 15 is 0 Å². The van der Waals surface area contributed by atoms with Crippen LogP contribution in [0.2, 0.25) is 0 Å². The molecule has 0 aliphatic carbocycles. The van der Waals surface area contributed by atoms with E-state index in [0.29, 0.717) is 0 Å². The maximum absolute atomic E-state index is 12.1. The zero-order valence-electron chi connectivity index (χ0n) is 10.1. The number of amides is 1.